The smallest absolute Gasteiger partial charge is 0.221 e. The SMILES string of the molecule is CCCCOCC(O)CNCCC(=O)NC(C)CC. The topological polar surface area (TPSA) is 70.6 Å². The first kappa shape index (κ1) is 18.4. The highest BCUT2D eigenvalue weighted by atomic mass is 16.5. The molecule has 114 valence electrons. The lowest BCUT2D eigenvalue weighted by Crippen LogP contribution is -2.36. The zero-order chi connectivity index (χ0) is 14.5. The van der Waals surface area contributed by atoms with Gasteiger partial charge in [-0.1, -0.05) is 20.3 Å². The summed E-state index contributed by atoms with van der Waals surface area (Å²) in [4.78, 5) is 11.5. The largest absolute Gasteiger partial charge is 0.389 e. The number of ether oxygens (including phenoxy) is 1. The van der Waals surface area contributed by atoms with Crippen molar-refractivity contribution >= 4 is 5.91 Å². The molecular formula is C14H30N2O3. The molecule has 5 nitrogen and oxygen atoms in total. The van der Waals surface area contributed by atoms with E-state index in [1.807, 2.05) is 13.8 Å². The molecule has 0 rings (SSSR count). The van der Waals surface area contributed by atoms with E-state index in [-0.39, 0.29) is 11.9 Å². The van der Waals surface area contributed by atoms with Crippen molar-refractivity contribution in [3.63, 3.8) is 0 Å². The number of carbonyl (C=O) groups is 1. The quantitative estimate of drug-likeness (QED) is 0.465. The zero-order valence-electron chi connectivity index (χ0n) is 12.6. The number of hydrogen-bond donors (Lipinski definition) is 3. The summed E-state index contributed by atoms with van der Waals surface area (Å²) in [5.41, 5.74) is 0. The molecular weight excluding hydrogens is 244 g/mol. The lowest BCUT2D eigenvalue weighted by Gasteiger charge is -2.13. The van der Waals surface area contributed by atoms with E-state index in [1.165, 1.54) is 0 Å². The summed E-state index contributed by atoms with van der Waals surface area (Å²) in [6.07, 6.45) is 2.99. The van der Waals surface area contributed by atoms with Gasteiger partial charge in [0.1, 0.15) is 0 Å². The molecule has 2 unspecified atom stereocenters. The van der Waals surface area contributed by atoms with Crippen molar-refractivity contribution in [3.05, 3.63) is 0 Å². The molecule has 0 heterocycles. The summed E-state index contributed by atoms with van der Waals surface area (Å²) in [6, 6.07) is 0.227. The predicted octanol–water partition coefficient (Wildman–Crippen LogP) is 1.06. The minimum absolute atomic E-state index is 0.0514. The molecule has 5 heteroatoms. The highest BCUT2D eigenvalue weighted by Crippen LogP contribution is 1.91. The molecule has 0 aromatic carbocycles. The molecule has 0 bridgehead atoms. The Kier molecular flexibility index (Phi) is 12.0. The number of unbranched alkanes of at least 4 members (excludes halogenated alkanes) is 1. The van der Waals surface area contributed by atoms with Crippen molar-refractivity contribution in [2.24, 2.45) is 0 Å². The molecule has 1 amide bonds. The predicted molar refractivity (Wildman–Crippen MR) is 77.1 cm³/mol. The van der Waals surface area contributed by atoms with Crippen LogP contribution in [0.1, 0.15) is 46.5 Å². The van der Waals surface area contributed by atoms with Crippen LogP contribution in [0.5, 0.6) is 0 Å². The first-order valence-electron chi connectivity index (χ1n) is 7.36. The fraction of sp³-hybridized carbons (Fsp3) is 0.929. The first-order valence-corrected chi connectivity index (χ1v) is 7.36. The second kappa shape index (κ2) is 12.4. The standard InChI is InChI=1S/C14H30N2O3/c1-4-6-9-19-11-13(17)10-15-8-7-14(18)16-12(3)5-2/h12-13,15,17H,4-11H2,1-3H3,(H,16,18). The van der Waals surface area contributed by atoms with Gasteiger partial charge < -0.3 is 20.5 Å². The first-order chi connectivity index (χ1) is 9.10. The van der Waals surface area contributed by atoms with E-state index in [0.717, 1.165) is 19.3 Å². The molecule has 19 heavy (non-hydrogen) atoms. The van der Waals surface area contributed by atoms with Crippen LogP contribution < -0.4 is 10.6 Å². The van der Waals surface area contributed by atoms with Crippen molar-refractivity contribution < 1.29 is 14.6 Å². The summed E-state index contributed by atoms with van der Waals surface area (Å²) >= 11 is 0. The van der Waals surface area contributed by atoms with Gasteiger partial charge in [0.2, 0.25) is 5.91 Å². The van der Waals surface area contributed by atoms with Crippen LogP contribution in [0.4, 0.5) is 0 Å². The van der Waals surface area contributed by atoms with Gasteiger partial charge in [-0.05, 0) is 19.8 Å². The van der Waals surface area contributed by atoms with E-state index in [9.17, 15) is 9.90 Å². The second-order valence-electron chi connectivity index (χ2n) is 4.91. The maximum atomic E-state index is 11.5. The molecule has 0 radical (unpaired) electrons. The van der Waals surface area contributed by atoms with Gasteiger partial charge in [0.25, 0.3) is 0 Å². The molecule has 0 aromatic heterocycles. The summed E-state index contributed by atoms with van der Waals surface area (Å²) in [5, 5.41) is 15.6. The Labute approximate surface area is 117 Å². The Morgan fingerprint density at radius 3 is 2.74 bits per heavy atom. The van der Waals surface area contributed by atoms with Gasteiger partial charge in [0.05, 0.1) is 12.7 Å². The van der Waals surface area contributed by atoms with Crippen LogP contribution in [0, 0.1) is 0 Å². The molecule has 3 N–H and O–H groups in total. The summed E-state index contributed by atoms with van der Waals surface area (Å²) in [7, 11) is 0. The van der Waals surface area contributed by atoms with Crippen LogP contribution in [0.3, 0.4) is 0 Å². The maximum Gasteiger partial charge on any atom is 0.221 e. The monoisotopic (exact) mass is 274 g/mol. The van der Waals surface area contributed by atoms with Crippen LogP contribution in [-0.4, -0.2) is 49.5 Å². The van der Waals surface area contributed by atoms with Gasteiger partial charge in [0, 0.05) is 32.2 Å². The van der Waals surface area contributed by atoms with Gasteiger partial charge in [-0.15, -0.1) is 0 Å². The Morgan fingerprint density at radius 2 is 2.11 bits per heavy atom. The van der Waals surface area contributed by atoms with E-state index in [4.69, 9.17) is 4.74 Å². The lowest BCUT2D eigenvalue weighted by atomic mass is 10.2. The zero-order valence-corrected chi connectivity index (χ0v) is 12.6. The molecule has 0 spiro atoms. The number of aliphatic hydroxyl groups is 1. The third-order valence-corrected chi connectivity index (χ3v) is 2.88. The van der Waals surface area contributed by atoms with Crippen molar-refractivity contribution in [3.8, 4) is 0 Å². The molecule has 0 fully saturated rings. The molecule has 0 aliphatic carbocycles. The van der Waals surface area contributed by atoms with Crippen LogP contribution in [0.25, 0.3) is 0 Å². The third kappa shape index (κ3) is 12.1. The van der Waals surface area contributed by atoms with Crippen molar-refractivity contribution in [2.45, 2.75) is 58.6 Å². The normalized spacial score (nSPS) is 14.1. The third-order valence-electron chi connectivity index (χ3n) is 2.88. The van der Waals surface area contributed by atoms with Crippen LogP contribution in [0.2, 0.25) is 0 Å². The second-order valence-corrected chi connectivity index (χ2v) is 4.91. The number of hydrogen-bond acceptors (Lipinski definition) is 4. The number of nitrogens with one attached hydrogen (secondary N) is 2. The van der Waals surface area contributed by atoms with Gasteiger partial charge in [-0.3, -0.25) is 4.79 Å². The highest BCUT2D eigenvalue weighted by molar-refractivity contribution is 5.76. The minimum atomic E-state index is -0.505. The number of carbonyl (C=O) groups excluding carboxylic acids is 1. The molecule has 0 saturated carbocycles. The van der Waals surface area contributed by atoms with Gasteiger partial charge >= 0.3 is 0 Å². The molecule has 0 aromatic rings. The summed E-state index contributed by atoms with van der Waals surface area (Å²) < 4.78 is 5.31. The van der Waals surface area contributed by atoms with Crippen molar-refractivity contribution in [2.75, 3.05) is 26.3 Å². The van der Waals surface area contributed by atoms with E-state index >= 15 is 0 Å². The van der Waals surface area contributed by atoms with Gasteiger partial charge in [-0.2, -0.15) is 0 Å². The molecule has 0 aliphatic rings. The number of aliphatic hydroxyl groups excluding tert-OH is 1. The summed E-state index contributed by atoms with van der Waals surface area (Å²) in [5.74, 6) is 0.0514. The van der Waals surface area contributed by atoms with E-state index in [2.05, 4.69) is 17.6 Å². The van der Waals surface area contributed by atoms with Crippen LogP contribution in [0.15, 0.2) is 0 Å². The lowest BCUT2D eigenvalue weighted by molar-refractivity contribution is -0.121. The Morgan fingerprint density at radius 1 is 1.37 bits per heavy atom. The van der Waals surface area contributed by atoms with Crippen LogP contribution in [-0.2, 0) is 9.53 Å². The van der Waals surface area contributed by atoms with Gasteiger partial charge in [-0.25, -0.2) is 0 Å². The Hall–Kier alpha value is -0.650. The average molecular weight is 274 g/mol. The number of rotatable bonds is 12. The summed E-state index contributed by atoms with van der Waals surface area (Å²) in [6.45, 7) is 8.22. The average Bonchev–Trinajstić information content (AvgIpc) is 2.39. The van der Waals surface area contributed by atoms with Crippen molar-refractivity contribution in [1.29, 1.82) is 0 Å². The fourth-order valence-electron chi connectivity index (χ4n) is 1.44. The minimum Gasteiger partial charge on any atom is -0.389 e. The van der Waals surface area contributed by atoms with Crippen molar-refractivity contribution in [1.82, 2.24) is 10.6 Å². The van der Waals surface area contributed by atoms with E-state index in [0.29, 0.717) is 32.7 Å². The molecule has 0 saturated heterocycles. The van der Waals surface area contributed by atoms with Gasteiger partial charge in [0.15, 0.2) is 0 Å². The molecule has 2 atom stereocenters. The molecule has 0 aliphatic heterocycles. The Bertz CT molecular complexity index is 225. The van der Waals surface area contributed by atoms with Crippen LogP contribution >= 0.6 is 0 Å². The fourth-order valence-corrected chi connectivity index (χ4v) is 1.44. The van der Waals surface area contributed by atoms with E-state index in [1.54, 1.807) is 0 Å². The Balaban J connectivity index is 3.39. The highest BCUT2D eigenvalue weighted by Gasteiger charge is 2.06. The van der Waals surface area contributed by atoms with E-state index < -0.39 is 6.10 Å². The number of amides is 1. The maximum absolute atomic E-state index is 11.5.